The maximum atomic E-state index is 11.6. The fraction of sp³-hybridized carbons (Fsp3) is 0.154. The smallest absolute Gasteiger partial charge is 0.227 e. The van der Waals surface area contributed by atoms with Gasteiger partial charge < -0.3 is 10.6 Å². The van der Waals surface area contributed by atoms with Crippen LogP contribution in [0.25, 0.3) is 22.0 Å². The standard InChI is InChI=1S/C26H25N5OSi/c1-18(32)29-23-13-21(20-6-5-10-27-16-20)14-24(15-23)30-26-28-17-22-12-19(7-8-25(22)31-26)9-11-33(2,3)4/h5-8,10,12-17H,1-4H3,(H,29,32)(H,28,30,31). The summed E-state index contributed by atoms with van der Waals surface area (Å²) < 4.78 is 0. The van der Waals surface area contributed by atoms with Gasteiger partial charge in [0, 0.05) is 53.4 Å². The first-order chi connectivity index (χ1) is 15.7. The van der Waals surface area contributed by atoms with Crippen molar-refractivity contribution in [2.75, 3.05) is 10.6 Å². The fourth-order valence-corrected chi connectivity index (χ4v) is 3.75. The number of aromatic nitrogens is 3. The minimum atomic E-state index is -1.44. The van der Waals surface area contributed by atoms with Crippen molar-refractivity contribution in [1.82, 2.24) is 15.0 Å². The Morgan fingerprint density at radius 1 is 0.970 bits per heavy atom. The van der Waals surface area contributed by atoms with Gasteiger partial charge in [-0.25, -0.2) is 9.97 Å². The van der Waals surface area contributed by atoms with Gasteiger partial charge in [-0.3, -0.25) is 9.78 Å². The zero-order valence-corrected chi connectivity index (χ0v) is 20.1. The van der Waals surface area contributed by atoms with Crippen LogP contribution in [0.4, 0.5) is 17.3 Å². The Hall–Kier alpha value is -4.02. The van der Waals surface area contributed by atoms with Crippen LogP contribution in [0, 0.1) is 11.5 Å². The highest BCUT2D eigenvalue weighted by Gasteiger charge is 2.09. The summed E-state index contributed by atoms with van der Waals surface area (Å²) in [6, 6.07) is 15.6. The molecule has 1 amide bonds. The van der Waals surface area contributed by atoms with Crippen LogP contribution in [0.5, 0.6) is 0 Å². The third-order valence-electron chi connectivity index (χ3n) is 4.67. The second-order valence-corrected chi connectivity index (χ2v) is 13.6. The SMILES string of the molecule is CC(=O)Nc1cc(Nc2ncc3cc(C#C[Si](C)(C)C)ccc3n2)cc(-c2cccnc2)c1. The second-order valence-electron chi connectivity index (χ2n) is 8.81. The van der Waals surface area contributed by atoms with Crippen molar-refractivity contribution in [2.45, 2.75) is 26.6 Å². The van der Waals surface area contributed by atoms with Crippen molar-refractivity contribution in [3.8, 4) is 22.6 Å². The molecule has 2 aromatic carbocycles. The molecule has 4 aromatic rings. The Labute approximate surface area is 194 Å². The van der Waals surface area contributed by atoms with Gasteiger partial charge in [0.1, 0.15) is 8.07 Å². The second kappa shape index (κ2) is 9.23. The molecule has 0 fully saturated rings. The minimum Gasteiger partial charge on any atom is -0.326 e. The Morgan fingerprint density at radius 2 is 1.79 bits per heavy atom. The van der Waals surface area contributed by atoms with E-state index in [-0.39, 0.29) is 5.91 Å². The number of carbonyl (C=O) groups excluding carboxylic acids is 1. The predicted molar refractivity (Wildman–Crippen MR) is 137 cm³/mol. The lowest BCUT2D eigenvalue weighted by Gasteiger charge is -2.12. The first kappa shape index (κ1) is 22.2. The summed E-state index contributed by atoms with van der Waals surface area (Å²) >= 11 is 0. The van der Waals surface area contributed by atoms with Crippen LogP contribution in [0.15, 0.2) is 67.1 Å². The van der Waals surface area contributed by atoms with Crippen LogP contribution in [0.1, 0.15) is 12.5 Å². The summed E-state index contributed by atoms with van der Waals surface area (Å²) in [5.41, 5.74) is 8.49. The third-order valence-corrected chi connectivity index (χ3v) is 5.54. The van der Waals surface area contributed by atoms with Gasteiger partial charge in [-0.2, -0.15) is 0 Å². The Morgan fingerprint density at radius 3 is 2.52 bits per heavy atom. The van der Waals surface area contributed by atoms with E-state index in [2.05, 4.69) is 56.7 Å². The fourth-order valence-electron chi connectivity index (χ4n) is 3.24. The molecule has 4 rings (SSSR count). The van der Waals surface area contributed by atoms with E-state index >= 15 is 0 Å². The van der Waals surface area contributed by atoms with Crippen LogP contribution < -0.4 is 10.6 Å². The van der Waals surface area contributed by atoms with Crippen LogP contribution in [0.3, 0.4) is 0 Å². The van der Waals surface area contributed by atoms with Crippen molar-refractivity contribution in [2.24, 2.45) is 0 Å². The summed E-state index contributed by atoms with van der Waals surface area (Å²) in [7, 11) is -1.44. The molecule has 164 valence electrons. The lowest BCUT2D eigenvalue weighted by molar-refractivity contribution is -0.114. The third kappa shape index (κ3) is 6.02. The predicted octanol–water partition coefficient (Wildman–Crippen LogP) is 5.62. The molecule has 6 nitrogen and oxygen atoms in total. The number of hydrogen-bond acceptors (Lipinski definition) is 5. The molecule has 2 N–H and O–H groups in total. The first-order valence-electron chi connectivity index (χ1n) is 10.7. The summed E-state index contributed by atoms with van der Waals surface area (Å²) in [4.78, 5) is 25.0. The van der Waals surface area contributed by atoms with E-state index in [0.717, 1.165) is 33.3 Å². The Bertz CT molecular complexity index is 1380. The monoisotopic (exact) mass is 451 g/mol. The van der Waals surface area contributed by atoms with E-state index in [1.165, 1.54) is 6.92 Å². The summed E-state index contributed by atoms with van der Waals surface area (Å²) in [5.74, 6) is 3.61. The molecule has 0 atom stereocenters. The number of fused-ring (bicyclic) bond motifs is 1. The number of pyridine rings is 1. The van der Waals surface area contributed by atoms with Crippen molar-refractivity contribution in [1.29, 1.82) is 0 Å². The number of benzene rings is 2. The molecule has 0 aliphatic rings. The maximum absolute atomic E-state index is 11.6. The molecule has 0 spiro atoms. The lowest BCUT2D eigenvalue weighted by Crippen LogP contribution is -2.16. The number of nitrogens with one attached hydrogen (secondary N) is 2. The molecule has 0 saturated carbocycles. The quantitative estimate of drug-likeness (QED) is 0.311. The van der Waals surface area contributed by atoms with Gasteiger partial charge in [-0.05, 0) is 48.0 Å². The average molecular weight is 452 g/mol. The molecule has 0 bridgehead atoms. The van der Waals surface area contributed by atoms with Crippen molar-refractivity contribution < 1.29 is 4.79 Å². The van der Waals surface area contributed by atoms with E-state index in [1.54, 1.807) is 18.6 Å². The summed E-state index contributed by atoms with van der Waals surface area (Å²) in [6.07, 6.45) is 5.31. The normalized spacial score (nSPS) is 10.9. The largest absolute Gasteiger partial charge is 0.326 e. The van der Waals surface area contributed by atoms with E-state index in [4.69, 9.17) is 0 Å². The summed E-state index contributed by atoms with van der Waals surface area (Å²) in [6.45, 7) is 8.16. The van der Waals surface area contributed by atoms with Crippen LogP contribution in [-0.4, -0.2) is 28.9 Å². The molecule has 2 heterocycles. The van der Waals surface area contributed by atoms with Gasteiger partial charge in [0.05, 0.1) is 5.52 Å². The molecule has 0 saturated heterocycles. The number of carbonyl (C=O) groups is 1. The van der Waals surface area contributed by atoms with Crippen molar-refractivity contribution in [3.63, 3.8) is 0 Å². The molecule has 33 heavy (non-hydrogen) atoms. The molecule has 7 heteroatoms. The van der Waals surface area contributed by atoms with Crippen LogP contribution in [0.2, 0.25) is 19.6 Å². The Kier molecular flexibility index (Phi) is 6.20. The van der Waals surface area contributed by atoms with Crippen LogP contribution >= 0.6 is 0 Å². The zero-order valence-electron chi connectivity index (χ0n) is 19.1. The van der Waals surface area contributed by atoms with Crippen LogP contribution in [-0.2, 0) is 4.79 Å². The number of rotatable bonds is 4. The maximum Gasteiger partial charge on any atom is 0.227 e. The van der Waals surface area contributed by atoms with E-state index in [1.807, 2.05) is 48.5 Å². The highest BCUT2D eigenvalue weighted by Crippen LogP contribution is 2.28. The van der Waals surface area contributed by atoms with E-state index < -0.39 is 8.07 Å². The molecule has 2 aromatic heterocycles. The number of hydrogen-bond donors (Lipinski definition) is 2. The van der Waals surface area contributed by atoms with E-state index in [9.17, 15) is 4.79 Å². The number of amides is 1. The molecular weight excluding hydrogens is 426 g/mol. The lowest BCUT2D eigenvalue weighted by atomic mass is 10.1. The zero-order chi connectivity index (χ0) is 23.4. The molecular formula is C26H25N5OSi. The van der Waals surface area contributed by atoms with Gasteiger partial charge in [0.2, 0.25) is 11.9 Å². The number of nitrogens with zero attached hydrogens (tertiary/aromatic N) is 3. The van der Waals surface area contributed by atoms with Gasteiger partial charge in [0.25, 0.3) is 0 Å². The van der Waals surface area contributed by atoms with Crippen molar-refractivity contribution in [3.05, 3.63) is 72.7 Å². The molecule has 0 unspecified atom stereocenters. The highest BCUT2D eigenvalue weighted by molar-refractivity contribution is 6.83. The number of anilines is 3. The highest BCUT2D eigenvalue weighted by atomic mass is 28.3. The Balaban J connectivity index is 1.65. The summed E-state index contributed by atoms with van der Waals surface area (Å²) in [5, 5.41) is 7.05. The van der Waals surface area contributed by atoms with Gasteiger partial charge in [0.15, 0.2) is 0 Å². The van der Waals surface area contributed by atoms with E-state index in [0.29, 0.717) is 11.6 Å². The van der Waals surface area contributed by atoms with Crippen molar-refractivity contribution >= 4 is 42.2 Å². The molecule has 0 aliphatic carbocycles. The topological polar surface area (TPSA) is 79.8 Å². The molecule has 0 radical (unpaired) electrons. The first-order valence-corrected chi connectivity index (χ1v) is 14.2. The average Bonchev–Trinajstić information content (AvgIpc) is 2.77. The van der Waals surface area contributed by atoms with Gasteiger partial charge in [-0.1, -0.05) is 31.6 Å². The molecule has 0 aliphatic heterocycles. The van der Waals surface area contributed by atoms with Gasteiger partial charge >= 0.3 is 0 Å². The minimum absolute atomic E-state index is 0.140. The van der Waals surface area contributed by atoms with Gasteiger partial charge in [-0.15, -0.1) is 5.54 Å².